The molecular weight excluding hydrogens is 210 g/mol. The van der Waals surface area contributed by atoms with Crippen LogP contribution < -0.4 is 5.32 Å². The summed E-state index contributed by atoms with van der Waals surface area (Å²) in [4.78, 5) is 0. The van der Waals surface area contributed by atoms with E-state index in [0.717, 1.165) is 31.9 Å². The zero-order valence-corrected chi connectivity index (χ0v) is 10.7. The predicted octanol–water partition coefficient (Wildman–Crippen LogP) is 2.63. The van der Waals surface area contributed by atoms with Crippen LogP contribution in [0.4, 0.5) is 0 Å². The van der Waals surface area contributed by atoms with Crippen LogP contribution >= 0.6 is 0 Å². The average Bonchev–Trinajstić information content (AvgIpc) is 2.32. The minimum atomic E-state index is 0.532. The third-order valence-corrected chi connectivity index (χ3v) is 3.49. The van der Waals surface area contributed by atoms with Crippen molar-refractivity contribution in [3.8, 4) is 0 Å². The van der Waals surface area contributed by atoms with Gasteiger partial charge < -0.3 is 10.1 Å². The molecule has 0 radical (unpaired) electrons. The van der Waals surface area contributed by atoms with E-state index in [1.807, 2.05) is 7.05 Å². The molecule has 0 bridgehead atoms. The molecule has 2 nitrogen and oxygen atoms in total. The fraction of sp³-hybridized carbons (Fsp3) is 0.600. The van der Waals surface area contributed by atoms with E-state index in [-0.39, 0.29) is 0 Å². The highest BCUT2D eigenvalue weighted by atomic mass is 16.5. The molecule has 2 heteroatoms. The Bertz CT molecular complexity index is 306. The molecule has 1 aliphatic carbocycles. The standard InChI is InChI=1S/C15H23NO/c1-16-12-14-10-15(11-14)17-9-5-8-13-6-3-2-4-7-13/h2-4,6-7,14-16H,5,8-12H2,1H3. The summed E-state index contributed by atoms with van der Waals surface area (Å²) in [5, 5.41) is 3.22. The summed E-state index contributed by atoms with van der Waals surface area (Å²) in [5.74, 6) is 0.846. The van der Waals surface area contributed by atoms with Crippen LogP contribution in [0.1, 0.15) is 24.8 Å². The van der Waals surface area contributed by atoms with Gasteiger partial charge in [-0.15, -0.1) is 0 Å². The van der Waals surface area contributed by atoms with Crippen LogP contribution in [-0.4, -0.2) is 26.3 Å². The first-order valence-corrected chi connectivity index (χ1v) is 6.68. The summed E-state index contributed by atoms with van der Waals surface area (Å²) in [5.41, 5.74) is 1.41. The van der Waals surface area contributed by atoms with E-state index < -0.39 is 0 Å². The van der Waals surface area contributed by atoms with Crippen molar-refractivity contribution in [1.82, 2.24) is 5.32 Å². The van der Waals surface area contributed by atoms with Crippen molar-refractivity contribution in [3.05, 3.63) is 35.9 Å². The van der Waals surface area contributed by atoms with Gasteiger partial charge in [-0.25, -0.2) is 0 Å². The van der Waals surface area contributed by atoms with Gasteiger partial charge in [0, 0.05) is 6.61 Å². The summed E-state index contributed by atoms with van der Waals surface area (Å²) in [6.45, 7) is 2.05. The maximum Gasteiger partial charge on any atom is 0.0581 e. The van der Waals surface area contributed by atoms with E-state index in [2.05, 4.69) is 35.6 Å². The molecule has 1 N–H and O–H groups in total. The lowest BCUT2D eigenvalue weighted by molar-refractivity contribution is -0.0301. The maximum atomic E-state index is 5.85. The third kappa shape index (κ3) is 4.14. The van der Waals surface area contributed by atoms with Gasteiger partial charge in [-0.2, -0.15) is 0 Å². The SMILES string of the molecule is CNCC1CC(OCCCc2ccccc2)C1. The van der Waals surface area contributed by atoms with Gasteiger partial charge in [0.25, 0.3) is 0 Å². The fourth-order valence-electron chi connectivity index (χ4n) is 2.44. The number of hydrogen-bond acceptors (Lipinski definition) is 2. The largest absolute Gasteiger partial charge is 0.378 e. The Labute approximate surface area is 104 Å². The van der Waals surface area contributed by atoms with Crippen molar-refractivity contribution in [1.29, 1.82) is 0 Å². The molecule has 17 heavy (non-hydrogen) atoms. The van der Waals surface area contributed by atoms with Gasteiger partial charge >= 0.3 is 0 Å². The van der Waals surface area contributed by atoms with E-state index in [1.165, 1.54) is 18.4 Å². The fourth-order valence-corrected chi connectivity index (χ4v) is 2.44. The zero-order chi connectivity index (χ0) is 11.9. The summed E-state index contributed by atoms with van der Waals surface area (Å²) in [7, 11) is 2.02. The van der Waals surface area contributed by atoms with Crippen molar-refractivity contribution < 1.29 is 4.74 Å². The molecule has 94 valence electrons. The molecule has 1 fully saturated rings. The quantitative estimate of drug-likeness (QED) is 0.731. The van der Waals surface area contributed by atoms with Crippen molar-refractivity contribution >= 4 is 0 Å². The molecule has 1 saturated carbocycles. The summed E-state index contributed by atoms with van der Waals surface area (Å²) in [6, 6.07) is 10.6. The number of nitrogens with one attached hydrogen (secondary N) is 1. The Morgan fingerprint density at radius 1 is 1.24 bits per heavy atom. The highest BCUT2D eigenvalue weighted by molar-refractivity contribution is 5.14. The summed E-state index contributed by atoms with van der Waals surface area (Å²) in [6.07, 6.45) is 5.28. The lowest BCUT2D eigenvalue weighted by Crippen LogP contribution is -2.37. The van der Waals surface area contributed by atoms with Gasteiger partial charge in [0.05, 0.1) is 6.10 Å². The Morgan fingerprint density at radius 3 is 2.71 bits per heavy atom. The van der Waals surface area contributed by atoms with Crippen LogP contribution in [0.15, 0.2) is 30.3 Å². The average molecular weight is 233 g/mol. The van der Waals surface area contributed by atoms with Gasteiger partial charge in [0.2, 0.25) is 0 Å². The smallest absolute Gasteiger partial charge is 0.0581 e. The second-order valence-corrected chi connectivity index (χ2v) is 4.98. The molecule has 0 heterocycles. The number of hydrogen-bond donors (Lipinski definition) is 1. The van der Waals surface area contributed by atoms with Gasteiger partial charge in [0.15, 0.2) is 0 Å². The van der Waals surface area contributed by atoms with Crippen LogP contribution in [0.5, 0.6) is 0 Å². The molecular formula is C15H23NO. The van der Waals surface area contributed by atoms with Crippen molar-refractivity contribution in [2.45, 2.75) is 31.8 Å². The maximum absolute atomic E-state index is 5.85. The second-order valence-electron chi connectivity index (χ2n) is 4.98. The molecule has 0 saturated heterocycles. The minimum Gasteiger partial charge on any atom is -0.378 e. The van der Waals surface area contributed by atoms with E-state index in [1.54, 1.807) is 0 Å². The monoisotopic (exact) mass is 233 g/mol. The first kappa shape index (κ1) is 12.6. The van der Waals surface area contributed by atoms with Gasteiger partial charge in [0.1, 0.15) is 0 Å². The van der Waals surface area contributed by atoms with Crippen molar-refractivity contribution in [2.75, 3.05) is 20.2 Å². The summed E-state index contributed by atoms with van der Waals surface area (Å²) < 4.78 is 5.85. The molecule has 0 amide bonds. The third-order valence-electron chi connectivity index (χ3n) is 3.49. The van der Waals surface area contributed by atoms with Crippen LogP contribution in [0, 0.1) is 5.92 Å². The number of rotatable bonds is 7. The number of benzene rings is 1. The molecule has 0 aliphatic heterocycles. The molecule has 0 atom stereocenters. The molecule has 2 rings (SSSR count). The molecule has 0 unspecified atom stereocenters. The second kappa shape index (κ2) is 6.77. The molecule has 1 aromatic rings. The lowest BCUT2D eigenvalue weighted by atomic mass is 9.82. The highest BCUT2D eigenvalue weighted by Gasteiger charge is 2.28. The first-order chi connectivity index (χ1) is 8.38. The van der Waals surface area contributed by atoms with Crippen LogP contribution in [-0.2, 0) is 11.2 Å². The Morgan fingerprint density at radius 2 is 2.00 bits per heavy atom. The summed E-state index contributed by atoms with van der Waals surface area (Å²) >= 11 is 0. The first-order valence-electron chi connectivity index (χ1n) is 6.68. The Kier molecular flexibility index (Phi) is 5.02. The van der Waals surface area contributed by atoms with E-state index in [9.17, 15) is 0 Å². The normalized spacial score (nSPS) is 23.4. The molecule has 1 aliphatic rings. The van der Waals surface area contributed by atoms with Crippen molar-refractivity contribution in [2.24, 2.45) is 5.92 Å². The zero-order valence-electron chi connectivity index (χ0n) is 10.7. The minimum absolute atomic E-state index is 0.532. The van der Waals surface area contributed by atoms with Crippen LogP contribution in [0.2, 0.25) is 0 Å². The molecule has 0 spiro atoms. The molecule has 1 aromatic carbocycles. The van der Waals surface area contributed by atoms with Crippen LogP contribution in [0.25, 0.3) is 0 Å². The van der Waals surface area contributed by atoms with Crippen molar-refractivity contribution in [3.63, 3.8) is 0 Å². The number of ether oxygens (including phenoxy) is 1. The lowest BCUT2D eigenvalue weighted by Gasteiger charge is -2.35. The van der Waals surface area contributed by atoms with Gasteiger partial charge in [-0.1, -0.05) is 30.3 Å². The van der Waals surface area contributed by atoms with E-state index >= 15 is 0 Å². The molecule has 0 aromatic heterocycles. The van der Waals surface area contributed by atoms with E-state index in [4.69, 9.17) is 4.74 Å². The predicted molar refractivity (Wildman–Crippen MR) is 71.2 cm³/mol. The topological polar surface area (TPSA) is 21.3 Å². The number of aryl methyl sites for hydroxylation is 1. The highest BCUT2D eigenvalue weighted by Crippen LogP contribution is 2.29. The van der Waals surface area contributed by atoms with Crippen LogP contribution in [0.3, 0.4) is 0 Å². The van der Waals surface area contributed by atoms with E-state index in [0.29, 0.717) is 6.10 Å². The Hall–Kier alpha value is -0.860. The van der Waals surface area contributed by atoms with Gasteiger partial charge in [-0.05, 0) is 50.8 Å². The Balaban J connectivity index is 1.50. The van der Waals surface area contributed by atoms with Gasteiger partial charge in [-0.3, -0.25) is 0 Å².